The third-order valence-electron chi connectivity index (χ3n) is 23.5. The summed E-state index contributed by atoms with van der Waals surface area (Å²) in [5.74, 6) is -0.807. The average Bonchev–Trinajstić information content (AvgIpc) is 1.76. The van der Waals surface area contributed by atoms with Gasteiger partial charge in [0.05, 0.1) is 84.2 Å². The van der Waals surface area contributed by atoms with Gasteiger partial charge in [-0.2, -0.15) is 20.5 Å². The zero-order valence-electron chi connectivity index (χ0n) is 74.5. The van der Waals surface area contributed by atoms with E-state index in [0.29, 0.717) is 33.8 Å². The van der Waals surface area contributed by atoms with Crippen LogP contribution in [0.4, 0.5) is 21.4 Å². The maximum atomic E-state index is 14.3. The number of aromatic nitrogens is 6. The summed E-state index contributed by atoms with van der Waals surface area (Å²) in [5.41, 5.74) is 9.03. The van der Waals surface area contributed by atoms with Crippen LogP contribution in [0, 0.1) is 22.7 Å². The van der Waals surface area contributed by atoms with Crippen molar-refractivity contribution >= 4 is 70.0 Å². The number of carbonyl (C=O) groups excluding carboxylic acids is 5. The zero-order valence-corrected chi connectivity index (χ0v) is 76.3. The fraction of sp³-hybridized carbons (Fsp3) is 0.347. The second kappa shape index (κ2) is 44.5. The van der Waals surface area contributed by atoms with E-state index in [2.05, 4.69) is 77.3 Å². The van der Waals surface area contributed by atoms with E-state index < -0.39 is 101 Å². The van der Waals surface area contributed by atoms with Crippen molar-refractivity contribution < 1.29 is 79.7 Å². The number of ether oxygens (including phenoxy) is 7. The van der Waals surface area contributed by atoms with E-state index in [1.165, 1.54) is 32.6 Å². The van der Waals surface area contributed by atoms with Crippen LogP contribution in [0.5, 0.6) is 11.5 Å². The predicted molar refractivity (Wildman–Crippen MR) is 495 cm³/mol. The quantitative estimate of drug-likeness (QED) is 0.0135. The number of hydrogen-bond donors (Lipinski definition) is 5. The molecule has 0 spiro atoms. The monoisotopic (exact) mass is 1840 g/mol. The molecular formula is C98H104N14O19P2. The molecule has 3 aromatic heterocycles. The number of benzene rings is 8. The van der Waals surface area contributed by atoms with Crippen LogP contribution < -0.4 is 42.0 Å². The summed E-state index contributed by atoms with van der Waals surface area (Å²) in [6.07, 6.45) is -4.35. The van der Waals surface area contributed by atoms with Crippen molar-refractivity contribution in [3.05, 3.63) is 290 Å². The van der Waals surface area contributed by atoms with E-state index in [-0.39, 0.29) is 151 Å². The van der Waals surface area contributed by atoms with Crippen LogP contribution in [0.15, 0.2) is 228 Å². The lowest BCUT2D eigenvalue weighted by Crippen LogP contribution is -2.38. The number of nitriles is 2. The van der Waals surface area contributed by atoms with Gasteiger partial charge in [0.25, 0.3) is 20.0 Å². The number of imidazole rings is 1. The van der Waals surface area contributed by atoms with Gasteiger partial charge in [0.15, 0.2) is 11.2 Å². The van der Waals surface area contributed by atoms with Crippen LogP contribution in [-0.2, 0) is 68.0 Å². The van der Waals surface area contributed by atoms with Gasteiger partial charge in [0.2, 0.25) is 17.8 Å². The SMILES string of the molecule is COc1ccc(C(OC[C@H]2O[C@@H](n3cnc4c(=O)[nH]c(NC(=O)CCNC(=O)c5ccc(CNC(=O)OCC6c7ccccc7-c7ccccc76)cc5)nc43)CC2OP(OCCC#N)OC[C@H]2O[C@@H](n3ccc(NC(=O)CCCN(C)C(=O)OCC4c5ccccc5-c5ccccc54)nc3=O)CC2OP(OCCC#N)N(C(C)C)C(C)C)(c2ccccc2)c2ccc(OC)cc2)cc1. The fourth-order valence-electron chi connectivity index (χ4n) is 17.0. The number of methoxy groups -OCH3 is 2. The van der Waals surface area contributed by atoms with E-state index in [9.17, 15) is 44.1 Å². The van der Waals surface area contributed by atoms with Crippen LogP contribution in [0.3, 0.4) is 0 Å². The van der Waals surface area contributed by atoms with E-state index in [4.69, 9.17) is 60.8 Å². The Kier molecular flexibility index (Phi) is 31.7. The molecule has 33 nitrogen and oxygen atoms in total. The largest absolute Gasteiger partial charge is 0.497 e. The van der Waals surface area contributed by atoms with Gasteiger partial charge < -0.3 is 76.6 Å². The molecular weight excluding hydrogens is 1740 g/mol. The Balaban J connectivity index is 0.642. The third kappa shape index (κ3) is 22.5. The van der Waals surface area contributed by atoms with Crippen molar-refractivity contribution in [3.8, 4) is 45.9 Å². The standard InChI is InChI=1S/C98H104N14O19P2/c1-62(2)112(63(3)4)132(125-52-20-47-99)130-81-54-88(110-51-46-85(105-95(110)117)104-86(113)32-19-50-109(5)97(119)123-58-80-77-30-17-13-26-73(77)74-27-14-18-31-78(74)80)129-84(81)60-127-133(126-53-21-48-100)131-82-55-89(128-83(82)59-124-98(66-22-9-8-10-23-66,67-37-41-69(120-6)42-38-67)68-39-43-70(121-7)44-40-68)111-61-103-90-91(111)107-94(108-93(90)116)106-87(114)45-49-101-92(115)65-35-33-64(34-36-65)56-102-96(118)122-57-79-75-28-15-11-24-71(75)72-25-12-16-29-76(72)79/h8-18,22-31,33-44,46,51,61-63,79-84,88-89H,19-21,32,45,49-50,52-60H2,1-7H3,(H,101,115)(H,102,118)(H,104,105,113,117)(H2,106,107,108,114,116)/t81?,82?,83-,84-,88-,89-,132?,133?/m1/s1. The molecule has 4 unspecified atom stereocenters. The summed E-state index contributed by atoms with van der Waals surface area (Å²) in [7, 11) is 0.286. The van der Waals surface area contributed by atoms with Gasteiger partial charge in [-0.1, -0.05) is 164 Å². The Morgan fingerprint density at radius 2 is 1.12 bits per heavy atom. The highest BCUT2D eigenvalue weighted by atomic mass is 31.2. The van der Waals surface area contributed by atoms with Crippen molar-refractivity contribution in [3.63, 3.8) is 0 Å². The Hall–Kier alpha value is -13.0. The summed E-state index contributed by atoms with van der Waals surface area (Å²) in [6, 6.07) is 69.0. The molecule has 133 heavy (non-hydrogen) atoms. The minimum absolute atomic E-state index is 0.0106. The molecule has 11 aromatic rings. The molecule has 5 N–H and O–H groups in total. The molecule has 15 rings (SSSR count). The highest BCUT2D eigenvalue weighted by Crippen LogP contribution is 2.54. The van der Waals surface area contributed by atoms with Gasteiger partial charge in [-0.05, 0) is 143 Å². The number of carbonyl (C=O) groups is 5. The molecule has 4 aliphatic rings. The Bertz CT molecular complexity index is 5970. The van der Waals surface area contributed by atoms with Crippen LogP contribution in [0.25, 0.3) is 33.4 Å². The first kappa shape index (κ1) is 94.7. The van der Waals surface area contributed by atoms with Gasteiger partial charge >= 0.3 is 26.5 Å². The van der Waals surface area contributed by atoms with Crippen molar-refractivity contribution in [2.75, 3.05) is 84.6 Å². The number of anilines is 2. The molecule has 0 bridgehead atoms. The van der Waals surface area contributed by atoms with Crippen molar-refractivity contribution in [1.29, 1.82) is 10.5 Å². The number of rotatable bonds is 42. The number of nitrogens with one attached hydrogen (secondary N) is 5. The van der Waals surface area contributed by atoms with Crippen molar-refractivity contribution in [1.82, 2.24) is 49.3 Å². The first-order chi connectivity index (χ1) is 64.7. The van der Waals surface area contributed by atoms with E-state index in [1.54, 1.807) is 45.5 Å². The molecule has 2 aliphatic carbocycles. The number of alkyl carbamates (subject to hydrolysis) is 1. The van der Waals surface area contributed by atoms with E-state index in [0.717, 1.165) is 50.1 Å². The molecule has 8 aromatic carbocycles. The molecule has 0 saturated carbocycles. The summed E-state index contributed by atoms with van der Waals surface area (Å²) < 4.78 is 82.9. The van der Waals surface area contributed by atoms with Gasteiger partial charge in [0.1, 0.15) is 60.8 Å². The summed E-state index contributed by atoms with van der Waals surface area (Å²) in [4.78, 5) is 113. The summed E-state index contributed by atoms with van der Waals surface area (Å²) in [5, 5.41) is 30.7. The van der Waals surface area contributed by atoms with Crippen molar-refractivity contribution in [2.24, 2.45) is 0 Å². The molecule has 2 saturated heterocycles. The smallest absolute Gasteiger partial charge is 0.409 e. The maximum absolute atomic E-state index is 14.3. The first-order valence-electron chi connectivity index (χ1n) is 44.0. The van der Waals surface area contributed by atoms with Crippen LogP contribution in [0.2, 0.25) is 0 Å². The number of amides is 5. The lowest BCUT2D eigenvalue weighted by atomic mass is 9.80. The van der Waals surface area contributed by atoms with Crippen LogP contribution in [0.1, 0.15) is 152 Å². The lowest BCUT2D eigenvalue weighted by Gasteiger charge is -2.37. The maximum Gasteiger partial charge on any atom is 0.409 e. The normalized spacial score (nSPS) is 17.1. The van der Waals surface area contributed by atoms with Gasteiger partial charge in [-0.25, -0.2) is 24.0 Å². The van der Waals surface area contributed by atoms with E-state index >= 15 is 0 Å². The van der Waals surface area contributed by atoms with Crippen LogP contribution >= 0.6 is 17.1 Å². The number of H-pyrrole nitrogens is 1. The number of nitrogens with zero attached hydrogens (tertiary/aromatic N) is 9. The molecule has 0 radical (unpaired) electrons. The predicted octanol–water partition coefficient (Wildman–Crippen LogP) is 15.6. The molecule has 8 atom stereocenters. The second-order valence-corrected chi connectivity index (χ2v) is 35.3. The van der Waals surface area contributed by atoms with Gasteiger partial charge in [-0.15, -0.1) is 0 Å². The average molecular weight is 1840 g/mol. The topological polar surface area (TPSA) is 397 Å². The minimum atomic E-state index is -2.54. The fourth-order valence-corrected chi connectivity index (χ4v) is 19.9. The Morgan fingerprint density at radius 1 is 0.586 bits per heavy atom. The van der Waals surface area contributed by atoms with Gasteiger partial charge in [-0.3, -0.25) is 38.6 Å². The highest BCUT2D eigenvalue weighted by molar-refractivity contribution is 7.44. The molecule has 5 heterocycles. The van der Waals surface area contributed by atoms with Crippen molar-refractivity contribution in [2.45, 2.75) is 146 Å². The molecule has 690 valence electrons. The van der Waals surface area contributed by atoms with E-state index in [1.807, 2.05) is 179 Å². The minimum Gasteiger partial charge on any atom is -0.497 e. The molecule has 5 amide bonds. The Morgan fingerprint density at radius 3 is 1.69 bits per heavy atom. The number of hydrogen-bond acceptors (Lipinski definition) is 25. The second-order valence-electron chi connectivity index (χ2n) is 32.7. The summed E-state index contributed by atoms with van der Waals surface area (Å²) >= 11 is 0. The third-order valence-corrected chi connectivity index (χ3v) is 26.8. The number of aromatic amines is 1. The molecule has 35 heteroatoms. The lowest BCUT2D eigenvalue weighted by molar-refractivity contribution is -0.117. The highest BCUT2D eigenvalue weighted by Gasteiger charge is 2.47. The zero-order chi connectivity index (χ0) is 93.1. The van der Waals surface area contributed by atoms with Crippen LogP contribution in [-0.4, -0.2) is 179 Å². The van der Waals surface area contributed by atoms with Gasteiger partial charge in [0, 0.05) is 88.0 Å². The number of fused-ring (bicyclic) bond motifs is 7. The Labute approximate surface area is 771 Å². The molecule has 2 fully saturated rings. The molecule has 2 aliphatic heterocycles. The summed E-state index contributed by atoms with van der Waals surface area (Å²) in [6.45, 7) is 7.85. The first-order valence-corrected chi connectivity index (χ1v) is 46.2.